The third-order valence-electron chi connectivity index (χ3n) is 2.60. The third kappa shape index (κ3) is 3.97. The Bertz CT molecular complexity index is 242. The number of hydrogen-bond donors (Lipinski definition) is 2. The molecule has 5 heteroatoms. The molecule has 2 atom stereocenters. The molecule has 3 N–H and O–H groups in total. The Morgan fingerprint density at radius 3 is 2.67 bits per heavy atom. The molecule has 0 aromatic heterocycles. The van der Waals surface area contributed by atoms with E-state index in [1.54, 1.807) is 0 Å². The lowest BCUT2D eigenvalue weighted by Gasteiger charge is -2.17. The van der Waals surface area contributed by atoms with Crippen molar-refractivity contribution in [1.29, 1.82) is 0 Å². The van der Waals surface area contributed by atoms with Crippen LogP contribution in [0.25, 0.3) is 0 Å². The molecule has 2 unspecified atom stereocenters. The summed E-state index contributed by atoms with van der Waals surface area (Å²) in [4.78, 5) is 22.1. The van der Waals surface area contributed by atoms with Crippen LogP contribution in [0.3, 0.4) is 0 Å². The minimum Gasteiger partial charge on any atom is -0.479 e. The zero-order valence-corrected chi connectivity index (χ0v) is 8.65. The zero-order valence-electron chi connectivity index (χ0n) is 8.65. The maximum Gasteiger partial charge on any atom is 0.332 e. The molecule has 1 aliphatic heterocycles. The average Bonchev–Trinajstić information content (AvgIpc) is 2.20. The molecule has 0 spiro atoms. The van der Waals surface area contributed by atoms with Crippen molar-refractivity contribution in [3.8, 4) is 0 Å². The fourth-order valence-electron chi connectivity index (χ4n) is 1.60. The smallest absolute Gasteiger partial charge is 0.332 e. The summed E-state index contributed by atoms with van der Waals surface area (Å²) in [6, 6.07) is -0.502. The van der Waals surface area contributed by atoms with Crippen molar-refractivity contribution in [2.75, 3.05) is 6.61 Å². The molecule has 0 aliphatic carbocycles. The van der Waals surface area contributed by atoms with E-state index in [9.17, 15) is 9.59 Å². The molecule has 0 amide bonds. The minimum absolute atomic E-state index is 0.182. The molecule has 0 aromatic rings. The largest absolute Gasteiger partial charge is 0.479 e. The highest BCUT2D eigenvalue weighted by molar-refractivity contribution is 5.85. The number of hydrogen-bond acceptors (Lipinski definition) is 4. The van der Waals surface area contributed by atoms with Gasteiger partial charge in [0.15, 0.2) is 11.9 Å². The van der Waals surface area contributed by atoms with Crippen molar-refractivity contribution >= 4 is 11.8 Å². The van der Waals surface area contributed by atoms with Crippen LogP contribution in [0.5, 0.6) is 0 Å². The number of carboxylic acids is 1. The molecular formula is C10H17NO4. The number of aliphatic carboxylic acids is 1. The lowest BCUT2D eigenvalue weighted by molar-refractivity contribution is -0.152. The predicted octanol–water partition coefficient (Wildman–Crippen LogP) is 0.317. The normalized spacial score (nSPS) is 29.8. The van der Waals surface area contributed by atoms with Crippen molar-refractivity contribution in [3.05, 3.63) is 0 Å². The van der Waals surface area contributed by atoms with Crippen LogP contribution in [-0.2, 0) is 14.3 Å². The molecular weight excluding hydrogens is 198 g/mol. The number of carbonyl (C=O) groups excluding carboxylic acids is 1. The average molecular weight is 215 g/mol. The number of nitrogens with two attached hydrogens (primary N) is 1. The van der Waals surface area contributed by atoms with Gasteiger partial charge in [0, 0.05) is 0 Å². The first-order valence-corrected chi connectivity index (χ1v) is 5.24. The molecule has 1 aliphatic rings. The van der Waals surface area contributed by atoms with Gasteiger partial charge in [0.1, 0.15) is 6.61 Å². The highest BCUT2D eigenvalue weighted by atomic mass is 16.5. The molecule has 1 fully saturated rings. The molecule has 15 heavy (non-hydrogen) atoms. The summed E-state index contributed by atoms with van der Waals surface area (Å²) in [7, 11) is 0. The Hall–Kier alpha value is -0.940. The van der Waals surface area contributed by atoms with Gasteiger partial charge in [-0.1, -0.05) is 19.3 Å². The maximum atomic E-state index is 11.4. The highest BCUT2D eigenvalue weighted by Gasteiger charge is 2.22. The van der Waals surface area contributed by atoms with Gasteiger partial charge in [-0.3, -0.25) is 4.79 Å². The van der Waals surface area contributed by atoms with Crippen molar-refractivity contribution in [2.45, 2.75) is 44.2 Å². The second-order valence-corrected chi connectivity index (χ2v) is 3.85. The SMILES string of the molecule is NC1CCCCCC(C(=O)O)OCC1=O. The van der Waals surface area contributed by atoms with Gasteiger partial charge in [-0.2, -0.15) is 0 Å². The topological polar surface area (TPSA) is 89.6 Å². The lowest BCUT2D eigenvalue weighted by Crippen LogP contribution is -2.36. The Morgan fingerprint density at radius 2 is 2.00 bits per heavy atom. The summed E-state index contributed by atoms with van der Waals surface area (Å²) in [6.07, 6.45) is 2.85. The molecule has 0 aromatic carbocycles. The van der Waals surface area contributed by atoms with Gasteiger partial charge in [-0.25, -0.2) is 4.79 Å². The van der Waals surface area contributed by atoms with Gasteiger partial charge < -0.3 is 15.6 Å². The van der Waals surface area contributed by atoms with Crippen LogP contribution in [0.15, 0.2) is 0 Å². The third-order valence-corrected chi connectivity index (χ3v) is 2.60. The zero-order chi connectivity index (χ0) is 11.3. The number of Topliss-reactive ketones (excluding diaryl/α,β-unsaturated/α-hetero) is 1. The van der Waals surface area contributed by atoms with E-state index in [1.165, 1.54) is 0 Å². The molecule has 5 nitrogen and oxygen atoms in total. The van der Waals surface area contributed by atoms with E-state index in [0.29, 0.717) is 12.8 Å². The Morgan fingerprint density at radius 1 is 1.33 bits per heavy atom. The quantitative estimate of drug-likeness (QED) is 0.657. The van der Waals surface area contributed by atoms with Crippen molar-refractivity contribution in [1.82, 2.24) is 0 Å². The second kappa shape index (κ2) is 5.82. The van der Waals surface area contributed by atoms with Crippen LogP contribution in [0.4, 0.5) is 0 Å². The fraction of sp³-hybridized carbons (Fsp3) is 0.800. The molecule has 0 bridgehead atoms. The molecule has 1 rings (SSSR count). The van der Waals surface area contributed by atoms with Crippen LogP contribution in [0.1, 0.15) is 32.1 Å². The molecule has 1 saturated heterocycles. The van der Waals surface area contributed by atoms with Crippen LogP contribution >= 0.6 is 0 Å². The summed E-state index contributed by atoms with van der Waals surface area (Å²) in [5, 5.41) is 8.80. The van der Waals surface area contributed by atoms with Crippen LogP contribution in [0.2, 0.25) is 0 Å². The highest BCUT2D eigenvalue weighted by Crippen LogP contribution is 2.12. The Balaban J connectivity index is 2.52. The standard InChI is InChI=1S/C10H17NO4/c11-7-4-2-1-3-5-9(10(13)14)15-6-8(7)12/h7,9H,1-6,11H2,(H,13,14). The van der Waals surface area contributed by atoms with Crippen molar-refractivity contribution in [3.63, 3.8) is 0 Å². The van der Waals surface area contributed by atoms with E-state index in [4.69, 9.17) is 15.6 Å². The fourth-order valence-corrected chi connectivity index (χ4v) is 1.60. The number of carboxylic acid groups (broad SMARTS) is 1. The maximum absolute atomic E-state index is 11.4. The van der Waals surface area contributed by atoms with E-state index >= 15 is 0 Å². The Labute approximate surface area is 88.6 Å². The monoisotopic (exact) mass is 215 g/mol. The number of ketones is 1. The summed E-state index contributed by atoms with van der Waals surface area (Å²) in [6.45, 7) is -0.182. The number of rotatable bonds is 1. The first-order valence-electron chi connectivity index (χ1n) is 5.24. The van der Waals surface area contributed by atoms with Crippen molar-refractivity contribution < 1.29 is 19.4 Å². The summed E-state index contributed by atoms with van der Waals surface area (Å²) in [5.41, 5.74) is 5.61. The number of ether oxygens (including phenoxy) is 1. The first-order chi connectivity index (χ1) is 7.11. The van der Waals surface area contributed by atoms with E-state index < -0.39 is 18.1 Å². The van der Waals surface area contributed by atoms with E-state index in [2.05, 4.69) is 0 Å². The second-order valence-electron chi connectivity index (χ2n) is 3.85. The predicted molar refractivity (Wildman–Crippen MR) is 53.4 cm³/mol. The van der Waals surface area contributed by atoms with E-state index in [0.717, 1.165) is 19.3 Å². The summed E-state index contributed by atoms with van der Waals surface area (Å²) in [5.74, 6) is -1.21. The number of carbonyl (C=O) groups is 2. The van der Waals surface area contributed by atoms with Crippen LogP contribution < -0.4 is 5.73 Å². The van der Waals surface area contributed by atoms with Crippen molar-refractivity contribution in [2.24, 2.45) is 5.73 Å². The van der Waals surface area contributed by atoms with E-state index in [1.807, 2.05) is 0 Å². The Kier molecular flexibility index (Phi) is 4.71. The molecule has 1 heterocycles. The first kappa shape index (κ1) is 12.1. The van der Waals surface area contributed by atoms with E-state index in [-0.39, 0.29) is 12.4 Å². The van der Waals surface area contributed by atoms with Gasteiger partial charge in [0.05, 0.1) is 6.04 Å². The van der Waals surface area contributed by atoms with Gasteiger partial charge >= 0.3 is 5.97 Å². The molecule has 86 valence electrons. The molecule has 0 saturated carbocycles. The van der Waals surface area contributed by atoms with Gasteiger partial charge in [-0.05, 0) is 12.8 Å². The van der Waals surface area contributed by atoms with Gasteiger partial charge in [0.25, 0.3) is 0 Å². The molecule has 0 radical (unpaired) electrons. The van der Waals surface area contributed by atoms with Gasteiger partial charge in [0.2, 0.25) is 0 Å². The summed E-state index contributed by atoms with van der Waals surface area (Å²) >= 11 is 0. The minimum atomic E-state index is -1.00. The lowest BCUT2D eigenvalue weighted by atomic mass is 10.0. The summed E-state index contributed by atoms with van der Waals surface area (Å²) < 4.78 is 5.03. The van der Waals surface area contributed by atoms with Crippen LogP contribution in [0, 0.1) is 0 Å². The van der Waals surface area contributed by atoms with Crippen LogP contribution in [-0.4, -0.2) is 35.6 Å². The van der Waals surface area contributed by atoms with Gasteiger partial charge in [-0.15, -0.1) is 0 Å².